The fraction of sp³-hybridized carbons (Fsp3) is 0.478. The number of hydrogen-bond acceptors (Lipinski definition) is 4. The molecule has 0 aromatic carbocycles. The fourth-order valence-electron chi connectivity index (χ4n) is 3.28. The maximum atomic E-state index is 11.6. The minimum absolute atomic E-state index is 0.397. The molecule has 7 nitrogen and oxygen atoms in total. The Kier molecular flexibility index (Phi) is 8.33. The molecule has 0 aliphatic carbocycles. The summed E-state index contributed by atoms with van der Waals surface area (Å²) in [5, 5.41) is 9.33. The highest BCUT2D eigenvalue weighted by Gasteiger charge is 2.25. The smallest absolute Gasteiger partial charge is 0.407 e. The summed E-state index contributed by atoms with van der Waals surface area (Å²) < 4.78 is 0. The zero-order valence-corrected chi connectivity index (χ0v) is 18.3. The van der Waals surface area contributed by atoms with Crippen LogP contribution in [0.4, 0.5) is 10.5 Å². The first-order valence-electron chi connectivity index (χ1n) is 10.3. The molecule has 30 heavy (non-hydrogen) atoms. The van der Waals surface area contributed by atoms with Gasteiger partial charge in [-0.15, -0.1) is 0 Å². The van der Waals surface area contributed by atoms with Crippen molar-refractivity contribution in [1.82, 2.24) is 14.9 Å². The Morgan fingerprint density at radius 3 is 2.17 bits per heavy atom. The molecule has 2 amide bonds. The highest BCUT2D eigenvalue weighted by molar-refractivity contribution is 5.76. The van der Waals surface area contributed by atoms with E-state index in [4.69, 9.17) is 0 Å². The molecule has 2 aromatic heterocycles. The summed E-state index contributed by atoms with van der Waals surface area (Å²) in [4.78, 5) is 34.9. The van der Waals surface area contributed by atoms with Crippen molar-refractivity contribution < 1.29 is 14.7 Å². The minimum Gasteiger partial charge on any atom is -0.465 e. The molecule has 0 fully saturated rings. The van der Waals surface area contributed by atoms with Crippen LogP contribution in [0.3, 0.4) is 0 Å². The maximum absolute atomic E-state index is 11.6. The van der Waals surface area contributed by atoms with Crippen molar-refractivity contribution in [2.24, 2.45) is 0 Å². The average Bonchev–Trinajstić information content (AvgIpc) is 2.69. The highest BCUT2D eigenvalue weighted by Crippen LogP contribution is 2.22. The topological polar surface area (TPSA) is 86.6 Å². The molecule has 0 radical (unpaired) electrons. The van der Waals surface area contributed by atoms with E-state index in [1.54, 1.807) is 17.3 Å². The van der Waals surface area contributed by atoms with Crippen LogP contribution in [0.1, 0.15) is 52.0 Å². The Morgan fingerprint density at radius 2 is 1.60 bits per heavy atom. The molecule has 0 unspecified atom stereocenters. The summed E-state index contributed by atoms with van der Waals surface area (Å²) in [6.45, 7) is 8.84. The third kappa shape index (κ3) is 6.83. The van der Waals surface area contributed by atoms with E-state index in [0.717, 1.165) is 54.7 Å². The molecule has 0 saturated heterocycles. The van der Waals surface area contributed by atoms with Gasteiger partial charge in [0.25, 0.3) is 0 Å². The van der Waals surface area contributed by atoms with E-state index in [0.29, 0.717) is 13.1 Å². The van der Waals surface area contributed by atoms with Crippen LogP contribution in [0.25, 0.3) is 11.4 Å². The molecular formula is C23H32N4O3. The Labute approximate surface area is 178 Å². The van der Waals surface area contributed by atoms with Crippen LogP contribution in [0.2, 0.25) is 0 Å². The van der Waals surface area contributed by atoms with E-state index in [2.05, 4.69) is 9.97 Å². The third-order valence-corrected chi connectivity index (χ3v) is 4.95. The lowest BCUT2D eigenvalue weighted by atomic mass is 10.1. The highest BCUT2D eigenvalue weighted by atomic mass is 16.4. The Hall–Kier alpha value is -2.96. The standard InChI is InChI=1S/C23H32N4O3/c1-18-9-11-24-20(15-18)21-16-19(10-12-25-21)26(17-28)13-7-5-6-8-14-27(22(29)30)23(2,3)4/h9-12,15-17H,5-8,13-14H2,1-4H3,(H,29,30). The van der Waals surface area contributed by atoms with Crippen LogP contribution in [-0.4, -0.2) is 51.1 Å². The van der Waals surface area contributed by atoms with Crippen molar-refractivity contribution >= 4 is 18.2 Å². The minimum atomic E-state index is -0.883. The maximum Gasteiger partial charge on any atom is 0.407 e. The van der Waals surface area contributed by atoms with E-state index in [9.17, 15) is 14.7 Å². The van der Waals surface area contributed by atoms with E-state index in [1.807, 2.05) is 52.0 Å². The van der Waals surface area contributed by atoms with Gasteiger partial charge in [0.1, 0.15) is 0 Å². The van der Waals surface area contributed by atoms with Gasteiger partial charge in [0.05, 0.1) is 11.4 Å². The normalized spacial score (nSPS) is 11.2. The van der Waals surface area contributed by atoms with Gasteiger partial charge >= 0.3 is 6.09 Å². The largest absolute Gasteiger partial charge is 0.465 e. The number of hydrogen-bond donors (Lipinski definition) is 1. The Morgan fingerprint density at radius 1 is 1.00 bits per heavy atom. The van der Waals surface area contributed by atoms with E-state index in [-0.39, 0.29) is 0 Å². The monoisotopic (exact) mass is 412 g/mol. The zero-order valence-electron chi connectivity index (χ0n) is 18.3. The van der Waals surface area contributed by atoms with Crippen molar-refractivity contribution in [3.63, 3.8) is 0 Å². The Balaban J connectivity index is 1.86. The van der Waals surface area contributed by atoms with Crippen molar-refractivity contribution in [3.8, 4) is 11.4 Å². The number of carbonyl (C=O) groups is 2. The molecule has 2 heterocycles. The number of carboxylic acid groups (broad SMARTS) is 1. The van der Waals surface area contributed by atoms with E-state index < -0.39 is 11.6 Å². The molecule has 2 aromatic rings. The molecule has 0 spiro atoms. The number of anilines is 1. The summed E-state index contributed by atoms with van der Waals surface area (Å²) in [6, 6.07) is 7.60. The van der Waals surface area contributed by atoms with Gasteiger partial charge in [-0.05, 0) is 70.4 Å². The number of nitrogens with zero attached hydrogens (tertiary/aromatic N) is 4. The molecule has 0 atom stereocenters. The lowest BCUT2D eigenvalue weighted by molar-refractivity contribution is -0.107. The van der Waals surface area contributed by atoms with Gasteiger partial charge < -0.3 is 14.9 Å². The van der Waals surface area contributed by atoms with Crippen LogP contribution in [0.5, 0.6) is 0 Å². The van der Waals surface area contributed by atoms with Gasteiger partial charge in [-0.3, -0.25) is 14.8 Å². The van der Waals surface area contributed by atoms with Crippen LogP contribution in [-0.2, 0) is 4.79 Å². The van der Waals surface area contributed by atoms with Gasteiger partial charge in [0.15, 0.2) is 0 Å². The second-order valence-electron chi connectivity index (χ2n) is 8.44. The van der Waals surface area contributed by atoms with Gasteiger partial charge in [0, 0.05) is 36.7 Å². The van der Waals surface area contributed by atoms with Crippen molar-refractivity contribution in [2.75, 3.05) is 18.0 Å². The van der Waals surface area contributed by atoms with Crippen molar-refractivity contribution in [2.45, 2.75) is 58.9 Å². The fourth-order valence-corrected chi connectivity index (χ4v) is 3.28. The first-order chi connectivity index (χ1) is 14.2. The Bertz CT molecular complexity index is 848. The van der Waals surface area contributed by atoms with Crippen LogP contribution in [0, 0.1) is 6.92 Å². The lowest BCUT2D eigenvalue weighted by Crippen LogP contribution is -2.45. The SMILES string of the molecule is Cc1ccnc(-c2cc(N(C=O)CCCCCCN(C(=O)O)C(C)(C)C)ccn2)c1. The number of aromatic nitrogens is 2. The average molecular weight is 413 g/mol. The second kappa shape index (κ2) is 10.7. The number of amides is 2. The predicted octanol–water partition coefficient (Wildman–Crippen LogP) is 4.75. The van der Waals surface area contributed by atoms with Crippen LogP contribution in [0.15, 0.2) is 36.7 Å². The van der Waals surface area contributed by atoms with Crippen LogP contribution >= 0.6 is 0 Å². The number of rotatable bonds is 10. The summed E-state index contributed by atoms with van der Waals surface area (Å²) in [5.74, 6) is 0. The molecule has 162 valence electrons. The van der Waals surface area contributed by atoms with E-state index >= 15 is 0 Å². The van der Waals surface area contributed by atoms with Crippen LogP contribution < -0.4 is 4.90 Å². The number of pyridine rings is 2. The molecule has 1 N–H and O–H groups in total. The first kappa shape index (κ1) is 23.3. The quantitative estimate of drug-likeness (QED) is 0.449. The lowest BCUT2D eigenvalue weighted by Gasteiger charge is -2.33. The van der Waals surface area contributed by atoms with Gasteiger partial charge in [-0.2, -0.15) is 0 Å². The molecule has 0 aliphatic rings. The molecule has 0 bridgehead atoms. The third-order valence-electron chi connectivity index (χ3n) is 4.95. The first-order valence-corrected chi connectivity index (χ1v) is 10.3. The number of aryl methyl sites for hydroxylation is 1. The van der Waals surface area contributed by atoms with Gasteiger partial charge in [0.2, 0.25) is 6.41 Å². The summed E-state index contributed by atoms with van der Waals surface area (Å²) in [6.07, 6.45) is 6.91. The zero-order chi connectivity index (χ0) is 22.1. The van der Waals surface area contributed by atoms with Gasteiger partial charge in [-0.25, -0.2) is 4.79 Å². The molecule has 0 saturated carbocycles. The van der Waals surface area contributed by atoms with E-state index in [1.165, 1.54) is 4.90 Å². The second-order valence-corrected chi connectivity index (χ2v) is 8.44. The summed E-state index contributed by atoms with van der Waals surface area (Å²) >= 11 is 0. The summed E-state index contributed by atoms with van der Waals surface area (Å²) in [7, 11) is 0. The van der Waals surface area contributed by atoms with Crippen molar-refractivity contribution in [1.29, 1.82) is 0 Å². The summed E-state index contributed by atoms with van der Waals surface area (Å²) in [5.41, 5.74) is 3.02. The predicted molar refractivity (Wildman–Crippen MR) is 119 cm³/mol. The molecular weight excluding hydrogens is 380 g/mol. The number of carbonyl (C=O) groups excluding carboxylic acids is 1. The van der Waals surface area contributed by atoms with Crippen molar-refractivity contribution in [3.05, 3.63) is 42.2 Å². The molecule has 7 heteroatoms. The molecule has 0 aliphatic heterocycles. The number of unbranched alkanes of at least 4 members (excludes halogenated alkanes) is 3. The molecule has 2 rings (SSSR count). The van der Waals surface area contributed by atoms with Gasteiger partial charge in [-0.1, -0.05) is 12.8 Å².